The lowest BCUT2D eigenvalue weighted by atomic mass is 10.2. The van der Waals surface area contributed by atoms with Crippen LogP contribution in [0.5, 0.6) is 0 Å². The number of non-ortho nitro benzene ring substituents is 1. The van der Waals surface area contributed by atoms with E-state index in [9.17, 15) is 14.9 Å². The summed E-state index contributed by atoms with van der Waals surface area (Å²) in [5, 5.41) is 13.4. The molecule has 0 spiro atoms. The average Bonchev–Trinajstić information content (AvgIpc) is 2.43. The second-order valence-corrected chi connectivity index (χ2v) is 6.51. The highest BCUT2D eigenvalue weighted by atomic mass is 127. The van der Waals surface area contributed by atoms with Crippen LogP contribution >= 0.6 is 50.1 Å². The fraction of sp³-hybridized carbons (Fsp3) is 0. The number of nitrogens with zero attached hydrogens (tertiary/aromatic N) is 1. The largest absolute Gasteiger partial charge is 0.321 e. The molecule has 0 bridgehead atoms. The number of amides is 1. The van der Waals surface area contributed by atoms with E-state index in [1.165, 1.54) is 18.2 Å². The van der Waals surface area contributed by atoms with Crippen LogP contribution in [-0.2, 0) is 0 Å². The number of hydrogen-bond acceptors (Lipinski definition) is 3. The van der Waals surface area contributed by atoms with Gasteiger partial charge in [-0.05, 0) is 62.8 Å². The fourth-order valence-corrected chi connectivity index (χ4v) is 2.72. The van der Waals surface area contributed by atoms with Crippen LogP contribution in [0.3, 0.4) is 0 Å². The lowest BCUT2D eigenvalue weighted by Crippen LogP contribution is -2.13. The second kappa shape index (κ2) is 6.71. The predicted octanol–water partition coefficient (Wildman–Crippen LogP) is 4.87. The van der Waals surface area contributed by atoms with Crippen molar-refractivity contribution < 1.29 is 9.72 Å². The molecule has 21 heavy (non-hydrogen) atoms. The van der Waals surface area contributed by atoms with E-state index in [1.54, 1.807) is 12.1 Å². The maximum Gasteiger partial charge on any atom is 0.271 e. The minimum Gasteiger partial charge on any atom is -0.321 e. The summed E-state index contributed by atoms with van der Waals surface area (Å²) in [7, 11) is 0. The molecule has 0 aliphatic rings. The van der Waals surface area contributed by atoms with Gasteiger partial charge in [-0.25, -0.2) is 0 Å². The first-order valence-electron chi connectivity index (χ1n) is 5.59. The van der Waals surface area contributed by atoms with Gasteiger partial charge in [0.05, 0.1) is 21.2 Å². The third kappa shape index (κ3) is 3.92. The molecule has 1 N–H and O–H groups in total. The smallest absolute Gasteiger partial charge is 0.271 e. The van der Waals surface area contributed by atoms with Crippen molar-refractivity contribution >= 4 is 67.4 Å². The summed E-state index contributed by atoms with van der Waals surface area (Å²) in [6, 6.07) is 9.24. The Labute approximate surface area is 147 Å². The van der Waals surface area contributed by atoms with E-state index < -0.39 is 4.92 Å². The number of halogens is 3. The van der Waals surface area contributed by atoms with Gasteiger partial charge in [0.15, 0.2) is 0 Å². The molecule has 0 fully saturated rings. The van der Waals surface area contributed by atoms with Gasteiger partial charge in [-0.1, -0.05) is 11.6 Å². The van der Waals surface area contributed by atoms with Gasteiger partial charge in [-0.15, -0.1) is 0 Å². The van der Waals surface area contributed by atoms with Crippen molar-refractivity contribution in [2.75, 3.05) is 5.32 Å². The molecule has 5 nitrogen and oxygen atoms in total. The first-order chi connectivity index (χ1) is 9.88. The zero-order chi connectivity index (χ0) is 15.6. The maximum absolute atomic E-state index is 12.2. The average molecular weight is 481 g/mol. The monoisotopic (exact) mass is 480 g/mol. The van der Waals surface area contributed by atoms with Gasteiger partial charge in [0.1, 0.15) is 0 Å². The summed E-state index contributed by atoms with van der Waals surface area (Å²) < 4.78 is 1.56. The standard InChI is InChI=1S/C13H7BrClIN2O3/c14-10-3-1-7(16)5-9(10)13(19)17-12-4-2-8(18(20)21)6-11(12)15/h1-6H,(H,17,19). The van der Waals surface area contributed by atoms with Gasteiger partial charge < -0.3 is 5.32 Å². The van der Waals surface area contributed by atoms with Crippen LogP contribution in [0, 0.1) is 13.7 Å². The van der Waals surface area contributed by atoms with Crippen LogP contribution in [0.25, 0.3) is 0 Å². The number of carbonyl (C=O) groups excluding carboxylic acids is 1. The van der Waals surface area contributed by atoms with E-state index in [0.717, 1.165) is 3.57 Å². The van der Waals surface area contributed by atoms with Crippen molar-refractivity contribution in [3.8, 4) is 0 Å². The van der Waals surface area contributed by atoms with Crippen LogP contribution in [0.15, 0.2) is 40.9 Å². The SMILES string of the molecule is O=C(Nc1ccc([N+](=O)[O-])cc1Cl)c1cc(I)ccc1Br. The van der Waals surface area contributed by atoms with E-state index in [2.05, 4.69) is 43.8 Å². The van der Waals surface area contributed by atoms with Crippen LogP contribution in [0.2, 0.25) is 5.02 Å². The Morgan fingerprint density at radius 2 is 2.00 bits per heavy atom. The van der Waals surface area contributed by atoms with Gasteiger partial charge in [0.2, 0.25) is 0 Å². The van der Waals surface area contributed by atoms with Gasteiger partial charge in [-0.2, -0.15) is 0 Å². The Kier molecular flexibility index (Phi) is 5.17. The van der Waals surface area contributed by atoms with E-state index in [4.69, 9.17) is 11.6 Å². The van der Waals surface area contributed by atoms with Gasteiger partial charge >= 0.3 is 0 Å². The van der Waals surface area contributed by atoms with E-state index in [0.29, 0.717) is 15.7 Å². The summed E-state index contributed by atoms with van der Waals surface area (Å²) in [5.41, 5.74) is 0.641. The molecular formula is C13H7BrClIN2O3. The van der Waals surface area contributed by atoms with Crippen molar-refractivity contribution in [2.24, 2.45) is 0 Å². The third-order valence-electron chi connectivity index (χ3n) is 2.58. The van der Waals surface area contributed by atoms with Gasteiger partial charge in [0.25, 0.3) is 11.6 Å². The minimum absolute atomic E-state index is 0.110. The van der Waals surface area contributed by atoms with Gasteiger partial charge in [0, 0.05) is 20.2 Å². The Balaban J connectivity index is 2.27. The second-order valence-electron chi connectivity index (χ2n) is 4.00. The topological polar surface area (TPSA) is 72.2 Å². The van der Waals surface area contributed by atoms with Crippen LogP contribution in [0.4, 0.5) is 11.4 Å². The normalized spacial score (nSPS) is 10.2. The molecule has 0 radical (unpaired) electrons. The number of hydrogen-bond donors (Lipinski definition) is 1. The van der Waals surface area contributed by atoms with Crippen molar-refractivity contribution in [2.45, 2.75) is 0 Å². The Hall–Kier alpha value is -1.19. The molecule has 2 aromatic rings. The third-order valence-corrected chi connectivity index (χ3v) is 4.26. The Morgan fingerprint density at radius 3 is 2.62 bits per heavy atom. The summed E-state index contributed by atoms with van der Waals surface area (Å²) >= 11 is 11.4. The minimum atomic E-state index is -0.548. The van der Waals surface area contributed by atoms with E-state index in [-0.39, 0.29) is 16.6 Å². The first kappa shape index (κ1) is 16.2. The van der Waals surface area contributed by atoms with Crippen LogP contribution in [-0.4, -0.2) is 10.8 Å². The van der Waals surface area contributed by atoms with Crippen molar-refractivity contribution in [3.05, 3.63) is 65.1 Å². The summed E-state index contributed by atoms with van der Waals surface area (Å²) in [6.07, 6.45) is 0. The van der Waals surface area contributed by atoms with E-state index >= 15 is 0 Å². The van der Waals surface area contributed by atoms with Crippen LogP contribution in [0.1, 0.15) is 10.4 Å². The first-order valence-corrected chi connectivity index (χ1v) is 7.84. The Morgan fingerprint density at radius 1 is 1.29 bits per heavy atom. The Bertz CT molecular complexity index is 739. The zero-order valence-corrected chi connectivity index (χ0v) is 14.8. The number of benzene rings is 2. The number of nitro benzene ring substituents is 1. The molecule has 0 aliphatic heterocycles. The molecule has 1 amide bonds. The summed E-state index contributed by atoms with van der Waals surface area (Å²) in [4.78, 5) is 22.3. The summed E-state index contributed by atoms with van der Waals surface area (Å²) in [6.45, 7) is 0. The number of nitro groups is 1. The van der Waals surface area contributed by atoms with E-state index in [1.807, 2.05) is 6.07 Å². The molecule has 8 heteroatoms. The lowest BCUT2D eigenvalue weighted by molar-refractivity contribution is -0.384. The number of carbonyl (C=O) groups is 1. The highest BCUT2D eigenvalue weighted by Crippen LogP contribution is 2.28. The van der Waals surface area contributed by atoms with Crippen molar-refractivity contribution in [1.29, 1.82) is 0 Å². The zero-order valence-electron chi connectivity index (χ0n) is 10.3. The lowest BCUT2D eigenvalue weighted by Gasteiger charge is -2.09. The molecular weight excluding hydrogens is 474 g/mol. The molecule has 0 heterocycles. The molecule has 2 rings (SSSR count). The molecule has 0 saturated carbocycles. The highest BCUT2D eigenvalue weighted by molar-refractivity contribution is 14.1. The number of rotatable bonds is 3. The fourth-order valence-electron chi connectivity index (χ4n) is 1.58. The predicted molar refractivity (Wildman–Crippen MR) is 92.9 cm³/mol. The van der Waals surface area contributed by atoms with Crippen LogP contribution < -0.4 is 5.32 Å². The van der Waals surface area contributed by atoms with Crippen molar-refractivity contribution in [3.63, 3.8) is 0 Å². The molecule has 0 aliphatic carbocycles. The van der Waals surface area contributed by atoms with Crippen molar-refractivity contribution in [1.82, 2.24) is 0 Å². The molecule has 0 unspecified atom stereocenters. The molecule has 0 saturated heterocycles. The molecule has 0 aromatic heterocycles. The molecule has 0 atom stereocenters. The highest BCUT2D eigenvalue weighted by Gasteiger charge is 2.14. The van der Waals surface area contributed by atoms with Gasteiger partial charge in [-0.3, -0.25) is 14.9 Å². The molecule has 108 valence electrons. The number of anilines is 1. The number of nitrogens with one attached hydrogen (secondary N) is 1. The summed E-state index contributed by atoms with van der Waals surface area (Å²) in [5.74, 6) is -0.351. The molecule has 2 aromatic carbocycles. The quantitative estimate of drug-likeness (QED) is 0.386. The maximum atomic E-state index is 12.2.